The van der Waals surface area contributed by atoms with Gasteiger partial charge in [0.2, 0.25) is 0 Å². The van der Waals surface area contributed by atoms with Gasteiger partial charge in [-0.3, -0.25) is 9.69 Å². The molecule has 0 saturated heterocycles. The number of rotatable bonds is 5. The van der Waals surface area contributed by atoms with E-state index in [0.717, 1.165) is 19.5 Å². The predicted octanol–water partition coefficient (Wildman–Crippen LogP) is 3.90. The van der Waals surface area contributed by atoms with E-state index in [1.165, 1.54) is 21.6 Å². The highest BCUT2D eigenvalue weighted by atomic mass is 32.2. The van der Waals surface area contributed by atoms with Gasteiger partial charge in [0.15, 0.2) is 0 Å². The van der Waals surface area contributed by atoms with Gasteiger partial charge in [-0.25, -0.2) is 0 Å². The lowest BCUT2D eigenvalue weighted by molar-refractivity contribution is -0.150. The van der Waals surface area contributed by atoms with Crippen LogP contribution >= 0.6 is 11.8 Å². The van der Waals surface area contributed by atoms with Crippen LogP contribution < -0.4 is 0 Å². The molecule has 3 rings (SSSR count). The molecule has 1 heterocycles. The summed E-state index contributed by atoms with van der Waals surface area (Å²) in [7, 11) is 0. The minimum Gasteiger partial charge on any atom is -0.465 e. The van der Waals surface area contributed by atoms with E-state index in [0.29, 0.717) is 6.61 Å². The lowest BCUT2D eigenvalue weighted by Crippen LogP contribution is -2.45. The molecule has 0 aromatic heterocycles. The number of thioether (sulfide) groups is 1. The zero-order chi connectivity index (χ0) is 16.9. The average molecular weight is 341 g/mol. The molecular formula is C20H23NO2S. The maximum atomic E-state index is 12.4. The van der Waals surface area contributed by atoms with E-state index in [9.17, 15) is 4.79 Å². The summed E-state index contributed by atoms with van der Waals surface area (Å²) in [6.07, 6.45) is 2.80. The highest BCUT2D eigenvalue weighted by molar-refractivity contribution is 7.98. The summed E-state index contributed by atoms with van der Waals surface area (Å²) in [6, 6.07) is 16.7. The van der Waals surface area contributed by atoms with Gasteiger partial charge in [0.05, 0.1) is 6.61 Å². The number of esters is 1. The molecule has 0 saturated carbocycles. The molecule has 0 N–H and O–H groups in total. The molecule has 4 heteroatoms. The third-order valence-corrected chi connectivity index (χ3v) is 5.19. The van der Waals surface area contributed by atoms with Crippen molar-refractivity contribution in [2.24, 2.45) is 0 Å². The number of nitrogens with zero attached hydrogens (tertiary/aromatic N) is 1. The number of fused-ring (bicyclic) bond motifs is 1. The van der Waals surface area contributed by atoms with E-state index in [1.807, 2.05) is 13.0 Å². The van der Waals surface area contributed by atoms with Crippen LogP contribution in [0.5, 0.6) is 0 Å². The van der Waals surface area contributed by atoms with Crippen LogP contribution in [0.15, 0.2) is 53.4 Å². The van der Waals surface area contributed by atoms with E-state index in [2.05, 4.69) is 53.6 Å². The molecule has 126 valence electrons. The van der Waals surface area contributed by atoms with Crippen LogP contribution in [0.3, 0.4) is 0 Å². The standard InChI is InChI=1S/C20H23NO2S/c1-3-23-20(22)19-12-16-6-4-5-7-17(16)14-21(19)13-15-8-10-18(24-2)11-9-15/h4-11,19H,3,12-14H2,1-2H3. The van der Waals surface area contributed by atoms with Crippen LogP contribution in [-0.2, 0) is 29.0 Å². The highest BCUT2D eigenvalue weighted by Gasteiger charge is 2.32. The molecule has 1 aliphatic heterocycles. The van der Waals surface area contributed by atoms with Crippen molar-refractivity contribution in [3.8, 4) is 0 Å². The largest absolute Gasteiger partial charge is 0.465 e. The second-order valence-corrected chi connectivity index (χ2v) is 6.87. The van der Waals surface area contributed by atoms with E-state index < -0.39 is 0 Å². The highest BCUT2D eigenvalue weighted by Crippen LogP contribution is 2.26. The third-order valence-electron chi connectivity index (χ3n) is 4.45. The van der Waals surface area contributed by atoms with Crippen molar-refractivity contribution >= 4 is 17.7 Å². The Morgan fingerprint density at radius 2 is 1.88 bits per heavy atom. The molecule has 2 aromatic rings. The third kappa shape index (κ3) is 3.82. The number of carbonyl (C=O) groups is 1. The topological polar surface area (TPSA) is 29.5 Å². The van der Waals surface area contributed by atoms with Crippen LogP contribution in [-0.4, -0.2) is 29.8 Å². The van der Waals surface area contributed by atoms with Gasteiger partial charge < -0.3 is 4.74 Å². The minimum absolute atomic E-state index is 0.118. The monoisotopic (exact) mass is 341 g/mol. The maximum Gasteiger partial charge on any atom is 0.323 e. The normalized spacial score (nSPS) is 17.3. The molecule has 0 spiro atoms. The van der Waals surface area contributed by atoms with Gasteiger partial charge in [-0.15, -0.1) is 11.8 Å². The number of hydrogen-bond acceptors (Lipinski definition) is 4. The van der Waals surface area contributed by atoms with Crippen molar-refractivity contribution in [1.29, 1.82) is 0 Å². The Balaban J connectivity index is 1.82. The Morgan fingerprint density at radius 3 is 2.54 bits per heavy atom. The van der Waals surface area contributed by atoms with Crippen LogP contribution in [0.2, 0.25) is 0 Å². The van der Waals surface area contributed by atoms with Crippen molar-refractivity contribution in [2.75, 3.05) is 12.9 Å². The Kier molecular flexibility index (Phi) is 5.59. The second-order valence-electron chi connectivity index (χ2n) is 5.99. The SMILES string of the molecule is CCOC(=O)C1Cc2ccccc2CN1Cc1ccc(SC)cc1. The number of benzene rings is 2. The summed E-state index contributed by atoms with van der Waals surface area (Å²) in [5.41, 5.74) is 3.78. The summed E-state index contributed by atoms with van der Waals surface area (Å²) in [5, 5.41) is 0. The molecule has 0 radical (unpaired) electrons. The Hall–Kier alpha value is -1.78. The van der Waals surface area contributed by atoms with Gasteiger partial charge in [-0.1, -0.05) is 36.4 Å². The molecular weight excluding hydrogens is 318 g/mol. The molecule has 0 bridgehead atoms. The zero-order valence-electron chi connectivity index (χ0n) is 14.2. The average Bonchev–Trinajstić information content (AvgIpc) is 2.62. The summed E-state index contributed by atoms with van der Waals surface area (Å²) in [5.74, 6) is -0.118. The lowest BCUT2D eigenvalue weighted by atomic mass is 9.93. The molecule has 1 aliphatic rings. The first-order valence-electron chi connectivity index (χ1n) is 8.31. The number of hydrogen-bond donors (Lipinski definition) is 0. The first kappa shape index (κ1) is 17.1. The van der Waals surface area contributed by atoms with Crippen LogP contribution in [0, 0.1) is 0 Å². The van der Waals surface area contributed by atoms with Gasteiger partial charge in [0, 0.05) is 18.0 Å². The maximum absolute atomic E-state index is 12.4. The van der Waals surface area contributed by atoms with Crippen LogP contribution in [0.1, 0.15) is 23.6 Å². The molecule has 3 nitrogen and oxygen atoms in total. The van der Waals surface area contributed by atoms with Crippen molar-refractivity contribution in [1.82, 2.24) is 4.90 Å². The molecule has 1 atom stereocenters. The van der Waals surface area contributed by atoms with Crippen molar-refractivity contribution < 1.29 is 9.53 Å². The molecule has 0 fully saturated rings. The molecule has 1 unspecified atom stereocenters. The van der Waals surface area contributed by atoms with E-state index >= 15 is 0 Å². The summed E-state index contributed by atoms with van der Waals surface area (Å²) >= 11 is 1.74. The number of carbonyl (C=O) groups excluding carboxylic acids is 1. The molecule has 24 heavy (non-hydrogen) atoms. The Bertz CT molecular complexity index is 699. The van der Waals surface area contributed by atoms with Crippen LogP contribution in [0.25, 0.3) is 0 Å². The van der Waals surface area contributed by atoms with E-state index in [4.69, 9.17) is 4.74 Å². The van der Waals surface area contributed by atoms with Crippen molar-refractivity contribution in [2.45, 2.75) is 37.4 Å². The van der Waals surface area contributed by atoms with Crippen molar-refractivity contribution in [3.05, 3.63) is 65.2 Å². The Labute approximate surface area is 148 Å². The summed E-state index contributed by atoms with van der Waals surface area (Å²) < 4.78 is 5.32. The fourth-order valence-corrected chi connectivity index (χ4v) is 3.59. The van der Waals surface area contributed by atoms with Gasteiger partial charge in [0.1, 0.15) is 6.04 Å². The minimum atomic E-state index is -0.208. The molecule has 0 aliphatic carbocycles. The summed E-state index contributed by atoms with van der Waals surface area (Å²) in [6.45, 7) is 3.82. The predicted molar refractivity (Wildman–Crippen MR) is 98.0 cm³/mol. The molecule has 2 aromatic carbocycles. The fourth-order valence-electron chi connectivity index (χ4n) is 3.18. The van der Waals surface area contributed by atoms with Gasteiger partial charge in [-0.2, -0.15) is 0 Å². The summed E-state index contributed by atoms with van der Waals surface area (Å²) in [4.78, 5) is 15.9. The van der Waals surface area contributed by atoms with Gasteiger partial charge in [-0.05, 0) is 48.4 Å². The van der Waals surface area contributed by atoms with Crippen molar-refractivity contribution in [3.63, 3.8) is 0 Å². The molecule has 0 amide bonds. The first-order chi connectivity index (χ1) is 11.7. The second kappa shape index (κ2) is 7.86. The smallest absolute Gasteiger partial charge is 0.323 e. The van der Waals surface area contributed by atoms with Gasteiger partial charge in [0.25, 0.3) is 0 Å². The van der Waals surface area contributed by atoms with E-state index in [-0.39, 0.29) is 12.0 Å². The van der Waals surface area contributed by atoms with E-state index in [1.54, 1.807) is 11.8 Å². The number of ether oxygens (including phenoxy) is 1. The first-order valence-corrected chi connectivity index (χ1v) is 9.54. The van der Waals surface area contributed by atoms with Gasteiger partial charge >= 0.3 is 5.97 Å². The van der Waals surface area contributed by atoms with Crippen LogP contribution in [0.4, 0.5) is 0 Å². The quantitative estimate of drug-likeness (QED) is 0.609. The zero-order valence-corrected chi connectivity index (χ0v) is 15.0. The Morgan fingerprint density at radius 1 is 1.17 bits per heavy atom. The lowest BCUT2D eigenvalue weighted by Gasteiger charge is -2.35. The fraction of sp³-hybridized carbons (Fsp3) is 0.350.